The van der Waals surface area contributed by atoms with Crippen LogP contribution in [-0.2, 0) is 18.6 Å². The van der Waals surface area contributed by atoms with Gasteiger partial charge in [-0.3, -0.25) is 15.2 Å². The quantitative estimate of drug-likeness (QED) is 0.549. The number of carbonyl (C=O) groups excluding carboxylic acids is 1. The molecule has 1 saturated heterocycles. The van der Waals surface area contributed by atoms with E-state index in [1.165, 1.54) is 11.0 Å². The van der Waals surface area contributed by atoms with Crippen molar-refractivity contribution in [2.45, 2.75) is 44.6 Å². The summed E-state index contributed by atoms with van der Waals surface area (Å²) in [4.78, 5) is 14.9. The molecule has 24 heavy (non-hydrogen) atoms. The van der Waals surface area contributed by atoms with Gasteiger partial charge in [-0.25, -0.2) is 0 Å². The van der Waals surface area contributed by atoms with Crippen molar-refractivity contribution in [1.82, 2.24) is 9.80 Å². The molecule has 2 aliphatic rings. The second-order valence-electron chi connectivity index (χ2n) is 5.48. The molecule has 1 amide bonds. The fourth-order valence-electron chi connectivity index (χ4n) is 2.59. The van der Waals surface area contributed by atoms with Crippen molar-refractivity contribution in [3.8, 4) is 6.07 Å². The first-order valence-corrected chi connectivity index (χ1v) is 9.02. The summed E-state index contributed by atoms with van der Waals surface area (Å²) in [6.45, 7) is 6.21. The van der Waals surface area contributed by atoms with E-state index in [0.29, 0.717) is 12.2 Å². The summed E-state index contributed by atoms with van der Waals surface area (Å²) in [5.41, 5.74) is 5.86. The maximum Gasteiger partial charge on any atom is 0.253 e. The Balaban J connectivity index is 1.96. The summed E-state index contributed by atoms with van der Waals surface area (Å²) < 4.78 is 17.1. The van der Waals surface area contributed by atoms with E-state index in [4.69, 9.17) is 24.6 Å². The number of rotatable bonds is 7. The van der Waals surface area contributed by atoms with E-state index < -0.39 is 8.53 Å². The van der Waals surface area contributed by atoms with Gasteiger partial charge in [-0.1, -0.05) is 13.5 Å². The van der Waals surface area contributed by atoms with E-state index in [0.717, 1.165) is 6.42 Å². The van der Waals surface area contributed by atoms with Crippen molar-refractivity contribution in [3.63, 3.8) is 0 Å². The normalized spacial score (nSPS) is 28.3. The van der Waals surface area contributed by atoms with Crippen LogP contribution in [0.25, 0.3) is 0 Å². The van der Waals surface area contributed by atoms with Crippen molar-refractivity contribution < 1.29 is 18.6 Å². The molecule has 2 N–H and O–H groups in total. The van der Waals surface area contributed by atoms with Gasteiger partial charge in [0.05, 0.1) is 31.3 Å². The monoisotopic (exact) mass is 354 g/mol. The second kappa shape index (κ2) is 8.56. The number of nitriles is 1. The maximum atomic E-state index is 11.7. The molecule has 4 atom stereocenters. The number of ether oxygens (including phenoxy) is 1. The molecule has 0 aliphatic carbocycles. The van der Waals surface area contributed by atoms with Crippen LogP contribution < -0.4 is 5.50 Å². The van der Waals surface area contributed by atoms with Gasteiger partial charge in [-0.05, 0) is 6.42 Å². The predicted octanol–water partition coefficient (Wildman–Crippen LogP) is 1.77. The maximum absolute atomic E-state index is 11.7. The lowest BCUT2D eigenvalue weighted by Gasteiger charge is -2.35. The van der Waals surface area contributed by atoms with Crippen molar-refractivity contribution in [1.29, 1.82) is 5.26 Å². The van der Waals surface area contributed by atoms with E-state index in [2.05, 4.69) is 6.58 Å². The first-order chi connectivity index (χ1) is 11.5. The predicted molar refractivity (Wildman–Crippen MR) is 88.6 cm³/mol. The first kappa shape index (κ1) is 18.8. The summed E-state index contributed by atoms with van der Waals surface area (Å²) in [6.07, 6.45) is 4.19. The Hall–Kier alpha value is -1.49. The van der Waals surface area contributed by atoms with Crippen LogP contribution in [0.15, 0.2) is 24.7 Å². The van der Waals surface area contributed by atoms with Crippen LogP contribution in [0.5, 0.6) is 0 Å². The van der Waals surface area contributed by atoms with Gasteiger partial charge in [-0.15, -0.1) is 0 Å². The molecule has 0 saturated carbocycles. The molecule has 9 heteroatoms. The largest absolute Gasteiger partial charge is 0.352 e. The number of hydrogen-bond donors (Lipinski definition) is 1. The first-order valence-electron chi connectivity index (χ1n) is 7.78. The van der Waals surface area contributed by atoms with Crippen molar-refractivity contribution in [3.05, 3.63) is 24.7 Å². The third-order valence-electron chi connectivity index (χ3n) is 3.96. The van der Waals surface area contributed by atoms with Gasteiger partial charge in [0.1, 0.15) is 12.0 Å². The van der Waals surface area contributed by atoms with Gasteiger partial charge in [0, 0.05) is 25.7 Å². The molecule has 1 fully saturated rings. The Labute approximate surface area is 143 Å². The third kappa shape index (κ3) is 4.32. The zero-order valence-electron chi connectivity index (χ0n) is 13.9. The Bertz CT molecular complexity index is 550. The summed E-state index contributed by atoms with van der Waals surface area (Å²) in [7, 11) is 0.116. The summed E-state index contributed by atoms with van der Waals surface area (Å²) in [5.74, 6) is 0.439. The van der Waals surface area contributed by atoms with Crippen LogP contribution in [0, 0.1) is 11.3 Å². The van der Waals surface area contributed by atoms with Crippen molar-refractivity contribution in [2.75, 3.05) is 13.7 Å². The van der Waals surface area contributed by atoms with Gasteiger partial charge < -0.3 is 18.7 Å². The second-order valence-corrected chi connectivity index (χ2v) is 6.52. The van der Waals surface area contributed by atoms with E-state index in [1.807, 2.05) is 17.9 Å². The molecule has 1 unspecified atom stereocenters. The minimum Gasteiger partial charge on any atom is -0.352 e. The third-order valence-corrected chi connectivity index (χ3v) is 4.87. The van der Waals surface area contributed by atoms with Crippen LogP contribution in [0.2, 0.25) is 0 Å². The molecule has 0 spiro atoms. The molecular formula is C15H23N4O4P. The lowest BCUT2D eigenvalue weighted by molar-refractivity contribution is -0.126. The number of nitrogens with zero attached hydrogens (tertiary/aromatic N) is 3. The van der Waals surface area contributed by atoms with Crippen LogP contribution in [0.3, 0.4) is 0 Å². The molecule has 132 valence electrons. The molecular weight excluding hydrogens is 331 g/mol. The molecule has 8 nitrogen and oxygen atoms in total. The Morgan fingerprint density at radius 3 is 3.04 bits per heavy atom. The Kier molecular flexibility index (Phi) is 6.72. The van der Waals surface area contributed by atoms with Crippen molar-refractivity contribution >= 4 is 14.4 Å². The van der Waals surface area contributed by atoms with E-state index in [-0.39, 0.29) is 37.4 Å². The number of likely N-dealkylation sites (N-methyl/N-ethyl adjacent to an activating group) is 1. The number of carbonyl (C=O) groups is 1. The highest BCUT2D eigenvalue weighted by Gasteiger charge is 2.40. The smallest absolute Gasteiger partial charge is 0.253 e. The van der Waals surface area contributed by atoms with Gasteiger partial charge in [-0.2, -0.15) is 5.26 Å². The highest BCUT2D eigenvalue weighted by molar-refractivity contribution is 7.44. The van der Waals surface area contributed by atoms with Crippen LogP contribution in [0.4, 0.5) is 0 Å². The number of hydrogen-bond acceptors (Lipinski definition) is 7. The molecule has 0 aromatic carbocycles. The molecule has 2 rings (SSSR count). The summed E-state index contributed by atoms with van der Waals surface area (Å²) in [5, 5.41) is 8.51. The van der Waals surface area contributed by atoms with Crippen molar-refractivity contribution in [2.24, 2.45) is 5.50 Å². The molecule has 0 radical (unpaired) electrons. The average molecular weight is 354 g/mol. The zero-order chi connectivity index (χ0) is 17.7. The van der Waals surface area contributed by atoms with Gasteiger partial charge in [0.15, 0.2) is 0 Å². The molecule has 2 heterocycles. The average Bonchev–Trinajstić information content (AvgIpc) is 2.95. The fourth-order valence-corrected chi connectivity index (χ4v) is 3.42. The molecule has 0 bridgehead atoms. The number of nitrogens with two attached hydrogens (primary N) is 1. The fraction of sp³-hybridized carbons (Fsp3) is 0.600. The molecule has 0 aromatic rings. The van der Waals surface area contributed by atoms with Gasteiger partial charge in [0.25, 0.3) is 14.4 Å². The zero-order valence-corrected chi connectivity index (χ0v) is 14.8. The topological polar surface area (TPSA) is 101 Å². The SMILES string of the molecule is C=C1N(C)C(=O)C=CN1[C@H]1C[C@@H](OP(N)OCCC#N)[C@@H](CC)O1. The lowest BCUT2D eigenvalue weighted by Crippen LogP contribution is -2.41. The van der Waals surface area contributed by atoms with Crippen LogP contribution >= 0.6 is 8.53 Å². The van der Waals surface area contributed by atoms with Crippen LogP contribution in [-0.4, -0.2) is 47.8 Å². The Morgan fingerprint density at radius 2 is 2.38 bits per heavy atom. The summed E-state index contributed by atoms with van der Waals surface area (Å²) >= 11 is 0. The molecule has 2 aliphatic heterocycles. The lowest BCUT2D eigenvalue weighted by atomic mass is 10.1. The van der Waals surface area contributed by atoms with Gasteiger partial charge >= 0.3 is 0 Å². The highest BCUT2D eigenvalue weighted by atomic mass is 31.2. The minimum atomic E-state index is -1.55. The Morgan fingerprint density at radius 1 is 1.62 bits per heavy atom. The van der Waals surface area contributed by atoms with E-state index in [9.17, 15) is 4.79 Å². The minimum absolute atomic E-state index is 0.118. The summed E-state index contributed by atoms with van der Waals surface area (Å²) in [6, 6.07) is 1.99. The van der Waals surface area contributed by atoms with E-state index >= 15 is 0 Å². The molecule has 0 aromatic heterocycles. The van der Waals surface area contributed by atoms with E-state index in [1.54, 1.807) is 13.2 Å². The van der Waals surface area contributed by atoms with Gasteiger partial charge in [0.2, 0.25) is 0 Å². The highest BCUT2D eigenvalue weighted by Crippen LogP contribution is 2.39. The van der Waals surface area contributed by atoms with Crippen LogP contribution in [0.1, 0.15) is 26.2 Å². The standard InChI is InChI=1S/C15H23N4O4P/c1-4-12-13(23-24(17)21-9-5-7-16)10-15(22-12)19-8-6-14(20)18(3)11(19)2/h6,8,12-13,15H,2,4-5,9-10,17H2,1,3H3/t12-,13-,15-,24?/m1/s1. The number of amides is 1.